The van der Waals surface area contributed by atoms with Gasteiger partial charge in [-0.3, -0.25) is 4.79 Å². The Bertz CT molecular complexity index is 181. The summed E-state index contributed by atoms with van der Waals surface area (Å²) in [5, 5.41) is 2.97. The van der Waals surface area contributed by atoms with Crippen LogP contribution in [0.3, 0.4) is 0 Å². The van der Waals surface area contributed by atoms with Gasteiger partial charge in [-0.05, 0) is 32.5 Å². The summed E-state index contributed by atoms with van der Waals surface area (Å²) in [7, 11) is 0. The van der Waals surface area contributed by atoms with Crippen LogP contribution in [0.25, 0.3) is 0 Å². The zero-order valence-electron chi connectivity index (χ0n) is 11.0. The van der Waals surface area contributed by atoms with Crippen LogP contribution < -0.4 is 11.1 Å². The fraction of sp³-hybridized carbons (Fsp3) is 0.917. The minimum absolute atomic E-state index is 0.0836. The van der Waals surface area contributed by atoms with E-state index in [9.17, 15) is 4.79 Å². The van der Waals surface area contributed by atoms with Crippen molar-refractivity contribution in [1.82, 2.24) is 10.2 Å². The van der Waals surface area contributed by atoms with Gasteiger partial charge in [-0.2, -0.15) is 0 Å². The van der Waals surface area contributed by atoms with E-state index in [1.165, 1.54) is 0 Å². The minimum atomic E-state index is 0.0836. The molecule has 0 saturated carbocycles. The summed E-state index contributed by atoms with van der Waals surface area (Å²) in [4.78, 5) is 13.9. The number of rotatable bonds is 9. The molecular formula is C12H27N3O. The molecule has 1 unspecified atom stereocenters. The van der Waals surface area contributed by atoms with Gasteiger partial charge in [0.15, 0.2) is 0 Å². The van der Waals surface area contributed by atoms with Crippen molar-refractivity contribution in [2.75, 3.05) is 32.7 Å². The molecule has 0 aromatic heterocycles. The molecule has 3 N–H and O–H groups in total. The number of nitrogens with zero attached hydrogens (tertiary/aromatic N) is 1. The average molecular weight is 229 g/mol. The number of hydrogen-bond donors (Lipinski definition) is 2. The van der Waals surface area contributed by atoms with Gasteiger partial charge in [0, 0.05) is 19.0 Å². The summed E-state index contributed by atoms with van der Waals surface area (Å²) in [6, 6.07) is 0. The maximum absolute atomic E-state index is 11.6. The lowest BCUT2D eigenvalue weighted by atomic mass is 10.1. The van der Waals surface area contributed by atoms with E-state index in [2.05, 4.69) is 24.1 Å². The van der Waals surface area contributed by atoms with Gasteiger partial charge in [-0.15, -0.1) is 0 Å². The van der Waals surface area contributed by atoms with E-state index >= 15 is 0 Å². The number of nitrogens with two attached hydrogens (primary N) is 1. The van der Waals surface area contributed by atoms with Gasteiger partial charge >= 0.3 is 0 Å². The summed E-state index contributed by atoms with van der Waals surface area (Å²) >= 11 is 0. The highest BCUT2D eigenvalue weighted by Gasteiger charge is 2.11. The van der Waals surface area contributed by atoms with E-state index < -0.39 is 0 Å². The first kappa shape index (κ1) is 15.4. The lowest BCUT2D eigenvalue weighted by Gasteiger charge is -2.19. The maximum Gasteiger partial charge on any atom is 0.222 e. The van der Waals surface area contributed by atoms with E-state index in [0.29, 0.717) is 6.54 Å². The number of carbonyl (C=O) groups excluding carboxylic acids is 1. The Kier molecular flexibility index (Phi) is 9.24. The Morgan fingerprint density at radius 2 is 2.00 bits per heavy atom. The largest absolute Gasteiger partial charge is 0.355 e. The van der Waals surface area contributed by atoms with Gasteiger partial charge in [-0.25, -0.2) is 0 Å². The van der Waals surface area contributed by atoms with Gasteiger partial charge in [0.2, 0.25) is 5.91 Å². The van der Waals surface area contributed by atoms with Crippen LogP contribution in [0.4, 0.5) is 0 Å². The van der Waals surface area contributed by atoms with E-state index in [0.717, 1.165) is 39.0 Å². The summed E-state index contributed by atoms with van der Waals surface area (Å²) in [6.45, 7) is 10.6. The van der Waals surface area contributed by atoms with Gasteiger partial charge in [0.25, 0.3) is 0 Å². The number of carbonyl (C=O) groups is 1. The second-order valence-corrected chi connectivity index (χ2v) is 4.15. The van der Waals surface area contributed by atoms with Crippen molar-refractivity contribution < 1.29 is 4.79 Å². The highest BCUT2D eigenvalue weighted by molar-refractivity contribution is 5.78. The summed E-state index contributed by atoms with van der Waals surface area (Å²) in [5.74, 6) is 0.237. The van der Waals surface area contributed by atoms with Gasteiger partial charge in [-0.1, -0.05) is 20.8 Å². The normalized spacial score (nSPS) is 12.8. The standard InChI is InChI=1S/C12H27N3O/c1-4-15(5-2)10-9-14-12(16)11(3)7-6-8-13/h11H,4-10,13H2,1-3H3,(H,14,16). The summed E-state index contributed by atoms with van der Waals surface area (Å²) < 4.78 is 0. The molecule has 1 amide bonds. The monoisotopic (exact) mass is 229 g/mol. The Labute approximate surface area is 99.6 Å². The molecule has 0 fully saturated rings. The van der Waals surface area contributed by atoms with Crippen molar-refractivity contribution in [1.29, 1.82) is 0 Å². The first-order chi connectivity index (χ1) is 7.65. The van der Waals surface area contributed by atoms with Crippen molar-refractivity contribution in [2.24, 2.45) is 11.7 Å². The molecule has 0 aliphatic carbocycles. The third kappa shape index (κ3) is 6.80. The molecule has 0 aliphatic rings. The van der Waals surface area contributed by atoms with Crippen molar-refractivity contribution in [3.05, 3.63) is 0 Å². The van der Waals surface area contributed by atoms with Crippen molar-refractivity contribution >= 4 is 5.91 Å². The molecule has 4 nitrogen and oxygen atoms in total. The van der Waals surface area contributed by atoms with Crippen molar-refractivity contribution in [3.63, 3.8) is 0 Å². The quantitative estimate of drug-likeness (QED) is 0.615. The highest BCUT2D eigenvalue weighted by atomic mass is 16.1. The average Bonchev–Trinajstić information content (AvgIpc) is 2.31. The van der Waals surface area contributed by atoms with Gasteiger partial charge in [0.1, 0.15) is 0 Å². The first-order valence-electron chi connectivity index (χ1n) is 6.35. The highest BCUT2D eigenvalue weighted by Crippen LogP contribution is 2.03. The van der Waals surface area contributed by atoms with Crippen LogP contribution in [0.2, 0.25) is 0 Å². The lowest BCUT2D eigenvalue weighted by molar-refractivity contribution is -0.124. The second kappa shape index (κ2) is 9.60. The third-order valence-corrected chi connectivity index (χ3v) is 2.91. The third-order valence-electron chi connectivity index (χ3n) is 2.91. The number of nitrogens with one attached hydrogen (secondary N) is 1. The molecule has 0 radical (unpaired) electrons. The molecule has 0 aliphatic heterocycles. The van der Waals surface area contributed by atoms with E-state index in [1.54, 1.807) is 0 Å². The van der Waals surface area contributed by atoms with Crippen LogP contribution in [-0.4, -0.2) is 43.5 Å². The number of likely N-dealkylation sites (N-methyl/N-ethyl adjacent to an activating group) is 1. The van der Waals surface area contributed by atoms with E-state index in [-0.39, 0.29) is 11.8 Å². The minimum Gasteiger partial charge on any atom is -0.355 e. The first-order valence-corrected chi connectivity index (χ1v) is 6.35. The van der Waals surface area contributed by atoms with Crippen LogP contribution >= 0.6 is 0 Å². The SMILES string of the molecule is CCN(CC)CCNC(=O)C(C)CCCN. The molecule has 0 heterocycles. The second-order valence-electron chi connectivity index (χ2n) is 4.15. The number of hydrogen-bond acceptors (Lipinski definition) is 3. The van der Waals surface area contributed by atoms with Crippen LogP contribution in [0.5, 0.6) is 0 Å². The molecule has 0 rings (SSSR count). The molecule has 1 atom stereocenters. The number of amides is 1. The molecular weight excluding hydrogens is 202 g/mol. The van der Waals surface area contributed by atoms with Crippen LogP contribution in [0, 0.1) is 5.92 Å². The molecule has 4 heteroatoms. The molecule has 96 valence electrons. The van der Waals surface area contributed by atoms with Gasteiger partial charge < -0.3 is 16.0 Å². The zero-order valence-corrected chi connectivity index (χ0v) is 11.0. The molecule has 0 saturated heterocycles. The van der Waals surface area contributed by atoms with E-state index in [4.69, 9.17) is 5.73 Å². The summed E-state index contributed by atoms with van der Waals surface area (Å²) in [5.41, 5.74) is 5.41. The smallest absolute Gasteiger partial charge is 0.222 e. The van der Waals surface area contributed by atoms with Crippen molar-refractivity contribution in [3.8, 4) is 0 Å². The van der Waals surface area contributed by atoms with Crippen molar-refractivity contribution in [2.45, 2.75) is 33.6 Å². The zero-order chi connectivity index (χ0) is 12.4. The lowest BCUT2D eigenvalue weighted by Crippen LogP contribution is -2.37. The molecule has 0 aromatic carbocycles. The van der Waals surface area contributed by atoms with Crippen LogP contribution in [0.15, 0.2) is 0 Å². The molecule has 16 heavy (non-hydrogen) atoms. The fourth-order valence-electron chi connectivity index (χ4n) is 1.61. The predicted octanol–water partition coefficient (Wildman–Crippen LogP) is 0.819. The predicted molar refractivity (Wildman–Crippen MR) is 68.3 cm³/mol. The van der Waals surface area contributed by atoms with E-state index in [1.807, 2.05) is 6.92 Å². The maximum atomic E-state index is 11.6. The fourth-order valence-corrected chi connectivity index (χ4v) is 1.61. The Hall–Kier alpha value is -0.610. The van der Waals surface area contributed by atoms with Crippen LogP contribution in [-0.2, 0) is 4.79 Å². The molecule has 0 aromatic rings. The summed E-state index contributed by atoms with van der Waals surface area (Å²) in [6.07, 6.45) is 1.80. The van der Waals surface area contributed by atoms with Gasteiger partial charge in [0.05, 0.1) is 0 Å². The Morgan fingerprint density at radius 3 is 2.50 bits per heavy atom. The van der Waals surface area contributed by atoms with Crippen LogP contribution in [0.1, 0.15) is 33.6 Å². The topological polar surface area (TPSA) is 58.4 Å². The Morgan fingerprint density at radius 1 is 1.38 bits per heavy atom. The molecule has 0 spiro atoms. The Balaban J connectivity index is 3.63. The molecule has 0 bridgehead atoms.